The number of rotatable bonds is 4. The minimum atomic E-state index is -0.168. The number of likely N-dealkylation sites (N-methyl/N-ethyl adjacent to an activating group) is 1. The SMILES string of the molecule is CN1CCn2nc(Nc3cc(-c4cnccc4C=O)cn(C)c3=O)cc2C1. The number of carbonyl (C=O) groups excluding carboxylic acids is 1. The summed E-state index contributed by atoms with van der Waals surface area (Å²) in [7, 11) is 3.75. The van der Waals surface area contributed by atoms with E-state index in [2.05, 4.69) is 27.3 Å². The van der Waals surface area contributed by atoms with E-state index < -0.39 is 0 Å². The largest absolute Gasteiger partial charge is 0.334 e. The van der Waals surface area contributed by atoms with Gasteiger partial charge in [0, 0.05) is 61.5 Å². The van der Waals surface area contributed by atoms with Crippen molar-refractivity contribution in [2.45, 2.75) is 13.1 Å². The second kappa shape index (κ2) is 6.81. The Morgan fingerprint density at radius 1 is 1.22 bits per heavy atom. The Labute approximate surface area is 156 Å². The average Bonchev–Trinajstić information content (AvgIpc) is 3.06. The molecule has 0 spiro atoms. The third kappa shape index (κ3) is 3.26. The van der Waals surface area contributed by atoms with Gasteiger partial charge in [-0.3, -0.25) is 24.2 Å². The van der Waals surface area contributed by atoms with Gasteiger partial charge in [-0.1, -0.05) is 0 Å². The highest BCUT2D eigenvalue weighted by molar-refractivity contribution is 5.87. The van der Waals surface area contributed by atoms with Gasteiger partial charge >= 0.3 is 0 Å². The molecule has 3 aromatic heterocycles. The molecule has 0 unspecified atom stereocenters. The second-order valence-electron chi connectivity index (χ2n) is 6.75. The molecular formula is C19H20N6O2. The van der Waals surface area contributed by atoms with Crippen molar-refractivity contribution in [3.63, 3.8) is 0 Å². The van der Waals surface area contributed by atoms with E-state index in [0.29, 0.717) is 22.6 Å². The van der Waals surface area contributed by atoms with Crippen LogP contribution in [0.2, 0.25) is 0 Å². The zero-order valence-corrected chi connectivity index (χ0v) is 15.2. The highest BCUT2D eigenvalue weighted by Crippen LogP contribution is 2.24. The molecule has 0 radical (unpaired) electrons. The first-order valence-electron chi connectivity index (χ1n) is 8.67. The molecule has 0 bridgehead atoms. The van der Waals surface area contributed by atoms with Crippen molar-refractivity contribution >= 4 is 17.8 Å². The molecule has 0 aliphatic carbocycles. The van der Waals surface area contributed by atoms with Gasteiger partial charge in [-0.15, -0.1) is 0 Å². The molecule has 0 amide bonds. The Kier molecular flexibility index (Phi) is 4.33. The Morgan fingerprint density at radius 3 is 2.89 bits per heavy atom. The van der Waals surface area contributed by atoms with Crippen molar-refractivity contribution in [2.24, 2.45) is 7.05 Å². The minimum absolute atomic E-state index is 0.168. The van der Waals surface area contributed by atoms with Crippen LogP contribution in [-0.2, 0) is 20.1 Å². The van der Waals surface area contributed by atoms with Crippen LogP contribution in [0, 0.1) is 0 Å². The monoisotopic (exact) mass is 364 g/mol. The normalized spacial score (nSPS) is 14.0. The number of nitrogens with zero attached hydrogens (tertiary/aromatic N) is 5. The van der Waals surface area contributed by atoms with Gasteiger partial charge in [-0.05, 0) is 19.2 Å². The van der Waals surface area contributed by atoms with Gasteiger partial charge in [0.2, 0.25) is 0 Å². The Bertz CT molecular complexity index is 1070. The van der Waals surface area contributed by atoms with Crippen LogP contribution in [0.4, 0.5) is 11.5 Å². The first kappa shape index (κ1) is 17.2. The molecule has 0 saturated carbocycles. The molecule has 1 N–H and O–H groups in total. The van der Waals surface area contributed by atoms with Crippen molar-refractivity contribution in [1.82, 2.24) is 24.2 Å². The van der Waals surface area contributed by atoms with Crippen LogP contribution in [-0.4, -0.2) is 44.1 Å². The van der Waals surface area contributed by atoms with Gasteiger partial charge in [0.25, 0.3) is 5.56 Å². The third-order valence-electron chi connectivity index (χ3n) is 4.73. The van der Waals surface area contributed by atoms with Gasteiger partial charge in [0.15, 0.2) is 12.1 Å². The lowest BCUT2D eigenvalue weighted by Gasteiger charge is -2.22. The smallest absolute Gasteiger partial charge is 0.274 e. The third-order valence-corrected chi connectivity index (χ3v) is 4.73. The Balaban J connectivity index is 1.72. The number of aryl methyl sites for hydroxylation is 1. The molecule has 4 heterocycles. The Hall–Kier alpha value is -3.26. The fourth-order valence-electron chi connectivity index (χ4n) is 3.29. The lowest BCUT2D eigenvalue weighted by atomic mass is 10.0. The fourth-order valence-corrected chi connectivity index (χ4v) is 3.29. The number of anilines is 2. The van der Waals surface area contributed by atoms with Crippen molar-refractivity contribution in [2.75, 3.05) is 18.9 Å². The standard InChI is InChI=1S/C19H20N6O2/c1-23-5-6-25-15(11-23)8-18(22-25)21-17-7-14(10-24(2)19(17)27)16-9-20-4-3-13(16)12-26/h3-4,7-10,12H,5-6,11H2,1-2H3,(H,21,22). The van der Waals surface area contributed by atoms with Crippen molar-refractivity contribution in [3.8, 4) is 11.1 Å². The summed E-state index contributed by atoms with van der Waals surface area (Å²) in [6, 6.07) is 5.35. The number of aromatic nitrogens is 4. The highest BCUT2D eigenvalue weighted by atomic mass is 16.1. The summed E-state index contributed by atoms with van der Waals surface area (Å²) in [5, 5.41) is 7.69. The average molecular weight is 364 g/mol. The van der Waals surface area contributed by atoms with Gasteiger partial charge in [-0.2, -0.15) is 5.10 Å². The molecule has 0 aromatic carbocycles. The highest BCUT2D eigenvalue weighted by Gasteiger charge is 2.17. The van der Waals surface area contributed by atoms with E-state index in [0.717, 1.165) is 37.2 Å². The maximum Gasteiger partial charge on any atom is 0.274 e. The number of fused-ring (bicyclic) bond motifs is 1. The Morgan fingerprint density at radius 2 is 2.07 bits per heavy atom. The minimum Gasteiger partial charge on any atom is -0.334 e. The quantitative estimate of drug-likeness (QED) is 0.709. The molecule has 1 aliphatic rings. The maximum atomic E-state index is 12.6. The van der Waals surface area contributed by atoms with E-state index in [-0.39, 0.29) is 5.56 Å². The molecule has 138 valence electrons. The molecule has 27 heavy (non-hydrogen) atoms. The number of aldehydes is 1. The summed E-state index contributed by atoms with van der Waals surface area (Å²) < 4.78 is 3.45. The first-order valence-corrected chi connectivity index (χ1v) is 8.67. The zero-order valence-electron chi connectivity index (χ0n) is 15.2. The van der Waals surface area contributed by atoms with Gasteiger partial charge in [0.05, 0.1) is 12.2 Å². The predicted octanol–water partition coefficient (Wildman–Crippen LogP) is 1.65. The molecule has 0 atom stereocenters. The lowest BCUT2D eigenvalue weighted by molar-refractivity contribution is 0.112. The van der Waals surface area contributed by atoms with E-state index in [1.165, 1.54) is 4.57 Å². The van der Waals surface area contributed by atoms with Crippen LogP contribution in [0.15, 0.2) is 41.6 Å². The molecule has 1 aliphatic heterocycles. The number of hydrogen-bond acceptors (Lipinski definition) is 6. The molecule has 4 rings (SSSR count). The van der Waals surface area contributed by atoms with Gasteiger partial charge < -0.3 is 9.88 Å². The summed E-state index contributed by atoms with van der Waals surface area (Å²) in [6.45, 7) is 2.59. The summed E-state index contributed by atoms with van der Waals surface area (Å²) in [6.07, 6.45) is 5.68. The van der Waals surface area contributed by atoms with E-state index in [4.69, 9.17) is 0 Å². The van der Waals surface area contributed by atoms with Crippen LogP contribution >= 0.6 is 0 Å². The van der Waals surface area contributed by atoms with Crippen molar-refractivity contribution in [1.29, 1.82) is 0 Å². The van der Waals surface area contributed by atoms with E-state index in [1.54, 1.807) is 37.8 Å². The van der Waals surface area contributed by atoms with Gasteiger partial charge in [0.1, 0.15) is 5.69 Å². The summed E-state index contributed by atoms with van der Waals surface area (Å²) >= 11 is 0. The van der Waals surface area contributed by atoms with Crippen LogP contribution in [0.25, 0.3) is 11.1 Å². The number of hydrogen-bond donors (Lipinski definition) is 1. The van der Waals surface area contributed by atoms with E-state index >= 15 is 0 Å². The lowest BCUT2D eigenvalue weighted by Crippen LogP contribution is -2.30. The molecule has 3 aromatic rings. The first-order chi connectivity index (χ1) is 13.0. The zero-order chi connectivity index (χ0) is 19.0. The van der Waals surface area contributed by atoms with Crippen LogP contribution in [0.3, 0.4) is 0 Å². The molecule has 0 fully saturated rings. The second-order valence-corrected chi connectivity index (χ2v) is 6.75. The van der Waals surface area contributed by atoms with Crippen molar-refractivity contribution in [3.05, 3.63) is 58.4 Å². The summed E-state index contributed by atoms with van der Waals surface area (Å²) in [5.74, 6) is 0.636. The van der Waals surface area contributed by atoms with Crippen LogP contribution in [0.5, 0.6) is 0 Å². The number of pyridine rings is 2. The number of carbonyl (C=O) groups is 1. The topological polar surface area (TPSA) is 85.1 Å². The van der Waals surface area contributed by atoms with Crippen molar-refractivity contribution < 1.29 is 4.79 Å². The summed E-state index contributed by atoms with van der Waals surface area (Å²) in [4.78, 5) is 30.2. The molecule has 8 nitrogen and oxygen atoms in total. The number of nitrogens with one attached hydrogen (secondary N) is 1. The molecular weight excluding hydrogens is 344 g/mol. The molecule has 0 saturated heterocycles. The summed E-state index contributed by atoms with van der Waals surface area (Å²) in [5.41, 5.74) is 3.28. The predicted molar refractivity (Wildman–Crippen MR) is 102 cm³/mol. The van der Waals surface area contributed by atoms with Crippen LogP contribution in [0.1, 0.15) is 16.1 Å². The van der Waals surface area contributed by atoms with E-state index in [1.807, 2.05) is 10.7 Å². The maximum absolute atomic E-state index is 12.6. The fraction of sp³-hybridized carbons (Fsp3) is 0.263. The van der Waals surface area contributed by atoms with Crippen LogP contribution < -0.4 is 10.9 Å². The van der Waals surface area contributed by atoms with Gasteiger partial charge in [-0.25, -0.2) is 0 Å². The van der Waals surface area contributed by atoms with E-state index in [9.17, 15) is 9.59 Å². The molecule has 8 heteroatoms.